The molecule has 0 saturated carbocycles. The molecule has 0 unspecified atom stereocenters. The van der Waals surface area contributed by atoms with E-state index in [9.17, 15) is 0 Å². The maximum atomic E-state index is 3.69. The summed E-state index contributed by atoms with van der Waals surface area (Å²) < 4.78 is 0. The van der Waals surface area contributed by atoms with Crippen LogP contribution in [-0.4, -0.2) is 25.7 Å². The fraction of sp³-hybridized carbons (Fsp3) is 0.412. The quantitative estimate of drug-likeness (QED) is 0.839. The number of piperidine rings is 1. The molecule has 2 aliphatic heterocycles. The number of rotatable bonds is 1. The van der Waals surface area contributed by atoms with Crippen LogP contribution < -0.4 is 10.2 Å². The molecule has 0 aromatic heterocycles. The summed E-state index contributed by atoms with van der Waals surface area (Å²) in [7, 11) is 0. The Morgan fingerprint density at radius 3 is 2.84 bits per heavy atom. The summed E-state index contributed by atoms with van der Waals surface area (Å²) in [6, 6.07) is 16.1. The maximum Gasteiger partial charge on any atom is 0.0446 e. The summed E-state index contributed by atoms with van der Waals surface area (Å²) in [4.78, 5) is 2.58. The molecule has 2 aliphatic rings. The normalized spacial score (nSPS) is 26.6. The number of nitrogens with one attached hydrogen (secondary N) is 1. The minimum atomic E-state index is 0.702. The number of benzene rings is 2. The molecule has 4 rings (SSSR count). The number of hydrogen-bond donors (Lipinski definition) is 1. The Morgan fingerprint density at radius 2 is 1.89 bits per heavy atom. The van der Waals surface area contributed by atoms with E-state index in [1.807, 2.05) is 0 Å². The lowest BCUT2D eigenvalue weighted by Crippen LogP contribution is -2.40. The van der Waals surface area contributed by atoms with Crippen LogP contribution in [0.1, 0.15) is 12.8 Å². The van der Waals surface area contributed by atoms with Gasteiger partial charge in [-0.15, -0.1) is 0 Å². The molecule has 98 valence electrons. The highest BCUT2D eigenvalue weighted by atomic mass is 15.2. The van der Waals surface area contributed by atoms with Crippen LogP contribution in [0.2, 0.25) is 0 Å². The predicted octanol–water partition coefficient (Wildman–Crippen LogP) is 3.03. The first-order chi connectivity index (χ1) is 9.42. The molecule has 2 aromatic rings. The highest BCUT2D eigenvalue weighted by Gasteiger charge is 2.34. The maximum absolute atomic E-state index is 3.69. The zero-order valence-corrected chi connectivity index (χ0v) is 11.2. The second-order valence-electron chi connectivity index (χ2n) is 5.87. The summed E-state index contributed by atoms with van der Waals surface area (Å²) in [6.45, 7) is 3.58. The molecule has 2 fully saturated rings. The third kappa shape index (κ3) is 1.91. The summed E-state index contributed by atoms with van der Waals surface area (Å²) >= 11 is 0. The Labute approximate surface area is 114 Å². The Kier molecular flexibility index (Phi) is 2.70. The summed E-state index contributed by atoms with van der Waals surface area (Å²) in [5.74, 6) is 0.840. The Bertz CT molecular complexity index is 573. The lowest BCUT2D eigenvalue weighted by atomic mass is 9.94. The van der Waals surface area contributed by atoms with Crippen molar-refractivity contribution in [1.82, 2.24) is 5.32 Å². The van der Waals surface area contributed by atoms with E-state index in [-0.39, 0.29) is 0 Å². The van der Waals surface area contributed by atoms with Gasteiger partial charge in [0, 0.05) is 30.2 Å². The molecule has 2 heterocycles. The summed E-state index contributed by atoms with van der Waals surface area (Å²) in [5.41, 5.74) is 1.41. The third-order valence-corrected chi connectivity index (χ3v) is 4.71. The van der Waals surface area contributed by atoms with Crippen molar-refractivity contribution < 1.29 is 0 Å². The van der Waals surface area contributed by atoms with Crippen molar-refractivity contribution >= 4 is 16.5 Å². The first-order valence-corrected chi connectivity index (χ1v) is 7.38. The van der Waals surface area contributed by atoms with Crippen LogP contribution >= 0.6 is 0 Å². The number of fused-ring (bicyclic) bond motifs is 2. The van der Waals surface area contributed by atoms with Gasteiger partial charge in [0.1, 0.15) is 0 Å². The molecular weight excluding hydrogens is 232 g/mol. The lowest BCUT2D eigenvalue weighted by molar-refractivity contribution is 0.340. The van der Waals surface area contributed by atoms with Crippen molar-refractivity contribution in [3.05, 3.63) is 42.5 Å². The van der Waals surface area contributed by atoms with Crippen molar-refractivity contribution in [1.29, 1.82) is 0 Å². The summed E-state index contributed by atoms with van der Waals surface area (Å²) in [5, 5.41) is 6.43. The first-order valence-electron chi connectivity index (χ1n) is 7.38. The second-order valence-corrected chi connectivity index (χ2v) is 5.87. The second kappa shape index (κ2) is 4.53. The standard InChI is InChI=1S/C17H20N2/c1-2-8-15-13(5-1)6-3-9-17(15)19-11-14-7-4-10-18-16(14)12-19/h1-3,5-6,8-9,14,16,18H,4,7,10-12H2/t14-,16-/m1/s1. The van der Waals surface area contributed by atoms with Crippen LogP contribution in [0.3, 0.4) is 0 Å². The minimum absolute atomic E-state index is 0.702. The van der Waals surface area contributed by atoms with Crippen LogP contribution in [0.15, 0.2) is 42.5 Å². The zero-order chi connectivity index (χ0) is 12.7. The Hall–Kier alpha value is -1.54. The molecule has 1 N–H and O–H groups in total. The van der Waals surface area contributed by atoms with E-state index >= 15 is 0 Å². The molecule has 0 spiro atoms. The topological polar surface area (TPSA) is 15.3 Å². The average molecular weight is 252 g/mol. The molecule has 2 heteroatoms. The number of nitrogens with zero attached hydrogens (tertiary/aromatic N) is 1. The molecular formula is C17H20N2. The predicted molar refractivity (Wildman–Crippen MR) is 80.7 cm³/mol. The van der Waals surface area contributed by atoms with E-state index in [1.165, 1.54) is 48.9 Å². The first kappa shape index (κ1) is 11.3. The van der Waals surface area contributed by atoms with Crippen LogP contribution in [0, 0.1) is 5.92 Å². The Morgan fingerprint density at radius 1 is 1.00 bits per heavy atom. The van der Waals surface area contributed by atoms with Gasteiger partial charge in [0.25, 0.3) is 0 Å². The molecule has 0 amide bonds. The van der Waals surface area contributed by atoms with Gasteiger partial charge in [-0.05, 0) is 36.8 Å². The van der Waals surface area contributed by atoms with Crippen LogP contribution in [-0.2, 0) is 0 Å². The monoisotopic (exact) mass is 252 g/mol. The van der Waals surface area contributed by atoms with Gasteiger partial charge in [-0.1, -0.05) is 36.4 Å². The van der Waals surface area contributed by atoms with Gasteiger partial charge >= 0.3 is 0 Å². The molecule has 2 aromatic carbocycles. The van der Waals surface area contributed by atoms with E-state index in [1.54, 1.807) is 0 Å². The van der Waals surface area contributed by atoms with E-state index in [0.29, 0.717) is 6.04 Å². The van der Waals surface area contributed by atoms with Crippen LogP contribution in [0.25, 0.3) is 10.8 Å². The number of anilines is 1. The van der Waals surface area contributed by atoms with E-state index in [0.717, 1.165) is 5.92 Å². The van der Waals surface area contributed by atoms with Gasteiger partial charge in [-0.3, -0.25) is 0 Å². The van der Waals surface area contributed by atoms with Crippen molar-refractivity contribution in [2.75, 3.05) is 24.5 Å². The largest absolute Gasteiger partial charge is 0.369 e. The van der Waals surface area contributed by atoms with Gasteiger partial charge < -0.3 is 10.2 Å². The van der Waals surface area contributed by atoms with Crippen molar-refractivity contribution in [3.63, 3.8) is 0 Å². The molecule has 2 atom stereocenters. The summed E-state index contributed by atoms with van der Waals surface area (Å²) in [6.07, 6.45) is 2.73. The number of hydrogen-bond acceptors (Lipinski definition) is 2. The van der Waals surface area contributed by atoms with E-state index in [4.69, 9.17) is 0 Å². The third-order valence-electron chi connectivity index (χ3n) is 4.71. The molecule has 2 saturated heterocycles. The molecule has 2 nitrogen and oxygen atoms in total. The van der Waals surface area contributed by atoms with Crippen molar-refractivity contribution in [3.8, 4) is 0 Å². The van der Waals surface area contributed by atoms with Crippen LogP contribution in [0.5, 0.6) is 0 Å². The molecule has 0 aliphatic carbocycles. The average Bonchev–Trinajstić information content (AvgIpc) is 2.90. The lowest BCUT2D eigenvalue weighted by Gasteiger charge is -2.24. The molecule has 19 heavy (non-hydrogen) atoms. The Balaban J connectivity index is 1.71. The smallest absolute Gasteiger partial charge is 0.0446 e. The fourth-order valence-corrected chi connectivity index (χ4v) is 3.73. The highest BCUT2D eigenvalue weighted by molar-refractivity contribution is 5.94. The minimum Gasteiger partial charge on any atom is -0.369 e. The van der Waals surface area contributed by atoms with Gasteiger partial charge in [0.15, 0.2) is 0 Å². The van der Waals surface area contributed by atoms with Gasteiger partial charge in [0.2, 0.25) is 0 Å². The van der Waals surface area contributed by atoms with E-state index < -0.39 is 0 Å². The van der Waals surface area contributed by atoms with Gasteiger partial charge in [-0.2, -0.15) is 0 Å². The highest BCUT2D eigenvalue weighted by Crippen LogP contribution is 2.33. The molecule has 0 radical (unpaired) electrons. The van der Waals surface area contributed by atoms with Gasteiger partial charge in [0.05, 0.1) is 0 Å². The van der Waals surface area contributed by atoms with Crippen molar-refractivity contribution in [2.45, 2.75) is 18.9 Å². The van der Waals surface area contributed by atoms with Gasteiger partial charge in [-0.25, -0.2) is 0 Å². The SMILES string of the molecule is c1ccc2c(N3C[C@H]4CCCN[C@@H]4C3)cccc2c1. The van der Waals surface area contributed by atoms with Crippen LogP contribution in [0.4, 0.5) is 5.69 Å². The van der Waals surface area contributed by atoms with Crippen molar-refractivity contribution in [2.24, 2.45) is 5.92 Å². The molecule has 0 bridgehead atoms. The zero-order valence-electron chi connectivity index (χ0n) is 11.2. The van der Waals surface area contributed by atoms with E-state index in [2.05, 4.69) is 52.7 Å². The fourth-order valence-electron chi connectivity index (χ4n) is 3.73.